The first-order chi connectivity index (χ1) is 8.93. The third kappa shape index (κ3) is 3.11. The average molecular weight is 268 g/mol. The van der Waals surface area contributed by atoms with Crippen molar-refractivity contribution in [1.29, 1.82) is 0 Å². The normalized spacial score (nSPS) is 35.9. The summed E-state index contributed by atoms with van der Waals surface area (Å²) in [6.45, 7) is 8.08. The monoisotopic (exact) mass is 268 g/mol. The Morgan fingerprint density at radius 3 is 2.47 bits per heavy atom. The van der Waals surface area contributed by atoms with Gasteiger partial charge in [0.05, 0.1) is 0 Å². The molecule has 3 atom stereocenters. The molecule has 1 saturated heterocycles. The van der Waals surface area contributed by atoms with E-state index in [9.17, 15) is 4.79 Å². The largest absolute Gasteiger partial charge is 0.381 e. The van der Waals surface area contributed by atoms with E-state index in [2.05, 4.69) is 26.1 Å². The van der Waals surface area contributed by atoms with Gasteiger partial charge in [-0.25, -0.2) is 0 Å². The van der Waals surface area contributed by atoms with Crippen LogP contribution in [0.25, 0.3) is 0 Å². The molecule has 2 rings (SSSR count). The van der Waals surface area contributed by atoms with Crippen molar-refractivity contribution in [3.63, 3.8) is 0 Å². The topological polar surface area (TPSA) is 64.4 Å². The lowest BCUT2D eigenvalue weighted by Gasteiger charge is -2.46. The Morgan fingerprint density at radius 1 is 1.21 bits per heavy atom. The molecule has 110 valence electrons. The highest BCUT2D eigenvalue weighted by atomic mass is 16.5. The van der Waals surface area contributed by atoms with E-state index in [0.717, 1.165) is 38.9 Å². The van der Waals surface area contributed by atoms with Gasteiger partial charge in [-0.1, -0.05) is 20.8 Å². The van der Waals surface area contributed by atoms with Gasteiger partial charge < -0.3 is 15.8 Å². The molecule has 1 aliphatic carbocycles. The van der Waals surface area contributed by atoms with Gasteiger partial charge in [0.1, 0.15) is 0 Å². The fraction of sp³-hybridized carbons (Fsp3) is 0.933. The molecule has 1 heterocycles. The number of amides is 1. The van der Waals surface area contributed by atoms with Crippen LogP contribution in [0.4, 0.5) is 0 Å². The Balaban J connectivity index is 1.97. The number of nitrogens with one attached hydrogen (secondary N) is 1. The van der Waals surface area contributed by atoms with E-state index >= 15 is 0 Å². The number of hydrogen-bond acceptors (Lipinski definition) is 3. The molecule has 3 unspecified atom stereocenters. The van der Waals surface area contributed by atoms with Gasteiger partial charge in [-0.2, -0.15) is 0 Å². The van der Waals surface area contributed by atoms with E-state index in [0.29, 0.717) is 12.0 Å². The maximum absolute atomic E-state index is 12.5. The molecule has 0 spiro atoms. The van der Waals surface area contributed by atoms with E-state index in [1.165, 1.54) is 0 Å². The van der Waals surface area contributed by atoms with Gasteiger partial charge in [-0.15, -0.1) is 0 Å². The zero-order valence-electron chi connectivity index (χ0n) is 12.4. The van der Waals surface area contributed by atoms with Gasteiger partial charge in [-0.05, 0) is 37.0 Å². The van der Waals surface area contributed by atoms with E-state index < -0.39 is 0 Å². The van der Waals surface area contributed by atoms with Crippen molar-refractivity contribution in [1.82, 2.24) is 5.32 Å². The molecule has 1 saturated carbocycles. The van der Waals surface area contributed by atoms with Crippen molar-refractivity contribution in [2.24, 2.45) is 23.0 Å². The van der Waals surface area contributed by atoms with Crippen LogP contribution in [0.3, 0.4) is 0 Å². The maximum atomic E-state index is 12.5. The predicted octanol–water partition coefficient (Wildman–Crippen LogP) is 1.68. The Labute approximate surface area is 116 Å². The Bertz CT molecular complexity index is 324. The van der Waals surface area contributed by atoms with Gasteiger partial charge >= 0.3 is 0 Å². The summed E-state index contributed by atoms with van der Waals surface area (Å²) in [5.74, 6) is 0.687. The highest BCUT2D eigenvalue weighted by Crippen LogP contribution is 2.44. The molecular formula is C15H28N2O2. The Morgan fingerprint density at radius 2 is 1.84 bits per heavy atom. The summed E-state index contributed by atoms with van der Waals surface area (Å²) in [4.78, 5) is 12.5. The Kier molecular flexibility index (Phi) is 4.51. The van der Waals surface area contributed by atoms with Crippen molar-refractivity contribution in [3.8, 4) is 0 Å². The third-order valence-corrected chi connectivity index (χ3v) is 5.39. The summed E-state index contributed by atoms with van der Waals surface area (Å²) in [5.41, 5.74) is 6.13. The minimum atomic E-state index is -0.0209. The fourth-order valence-corrected chi connectivity index (χ4v) is 3.46. The highest BCUT2D eigenvalue weighted by molar-refractivity contribution is 5.80. The molecule has 3 N–H and O–H groups in total. The van der Waals surface area contributed by atoms with Crippen molar-refractivity contribution in [3.05, 3.63) is 0 Å². The maximum Gasteiger partial charge on any atom is 0.223 e. The highest BCUT2D eigenvalue weighted by Gasteiger charge is 2.45. The minimum Gasteiger partial charge on any atom is -0.381 e. The van der Waals surface area contributed by atoms with Crippen LogP contribution in [0.15, 0.2) is 0 Å². The zero-order chi connectivity index (χ0) is 14.0. The molecule has 0 aromatic heterocycles. The van der Waals surface area contributed by atoms with Crippen LogP contribution < -0.4 is 11.1 Å². The molecule has 19 heavy (non-hydrogen) atoms. The third-order valence-electron chi connectivity index (χ3n) is 5.39. The molecule has 0 aromatic carbocycles. The zero-order valence-corrected chi connectivity index (χ0v) is 12.4. The molecule has 2 aliphatic rings. The fourth-order valence-electron chi connectivity index (χ4n) is 3.46. The van der Waals surface area contributed by atoms with Crippen molar-refractivity contribution < 1.29 is 9.53 Å². The standard InChI is InChI=1S/C15H28N2O2/c1-10-13(16)5-4-12(15(10,2)3)14(18)17-11-6-8-19-9-7-11/h10-13H,4-9,16H2,1-3H3,(H,17,18). The second kappa shape index (κ2) is 5.80. The first-order valence-corrected chi connectivity index (χ1v) is 7.56. The van der Waals surface area contributed by atoms with Crippen LogP contribution in [-0.2, 0) is 9.53 Å². The smallest absolute Gasteiger partial charge is 0.223 e. The lowest BCUT2D eigenvalue weighted by Crippen LogP contribution is -2.53. The lowest BCUT2D eigenvalue weighted by atomic mass is 9.61. The van der Waals surface area contributed by atoms with Crippen molar-refractivity contribution >= 4 is 5.91 Å². The van der Waals surface area contributed by atoms with E-state index in [4.69, 9.17) is 10.5 Å². The number of rotatable bonds is 2. The summed E-state index contributed by atoms with van der Waals surface area (Å²) in [5, 5.41) is 3.22. The van der Waals surface area contributed by atoms with Crippen LogP contribution in [0.2, 0.25) is 0 Å². The van der Waals surface area contributed by atoms with Gasteiger partial charge in [0.2, 0.25) is 5.91 Å². The second-order valence-electron chi connectivity index (χ2n) is 6.80. The van der Waals surface area contributed by atoms with Crippen LogP contribution in [-0.4, -0.2) is 31.2 Å². The van der Waals surface area contributed by atoms with Gasteiger partial charge in [0.25, 0.3) is 0 Å². The van der Waals surface area contributed by atoms with Crippen LogP contribution in [0.1, 0.15) is 46.5 Å². The van der Waals surface area contributed by atoms with Crippen LogP contribution in [0.5, 0.6) is 0 Å². The van der Waals surface area contributed by atoms with Gasteiger partial charge in [-0.3, -0.25) is 4.79 Å². The summed E-state index contributed by atoms with van der Waals surface area (Å²) < 4.78 is 5.33. The SMILES string of the molecule is CC1C(N)CCC(C(=O)NC2CCOCC2)C1(C)C. The van der Waals surface area contributed by atoms with E-state index in [1.807, 2.05) is 0 Å². The van der Waals surface area contributed by atoms with Gasteiger partial charge in [0, 0.05) is 31.2 Å². The van der Waals surface area contributed by atoms with Gasteiger partial charge in [0.15, 0.2) is 0 Å². The second-order valence-corrected chi connectivity index (χ2v) is 6.80. The first-order valence-electron chi connectivity index (χ1n) is 7.56. The number of nitrogens with two attached hydrogens (primary N) is 1. The van der Waals surface area contributed by atoms with E-state index in [1.54, 1.807) is 0 Å². The number of ether oxygens (including phenoxy) is 1. The summed E-state index contributed by atoms with van der Waals surface area (Å²) in [6.07, 6.45) is 3.74. The lowest BCUT2D eigenvalue weighted by molar-refractivity contribution is -0.133. The molecular weight excluding hydrogens is 240 g/mol. The first kappa shape index (κ1) is 14.8. The summed E-state index contributed by atoms with van der Waals surface area (Å²) >= 11 is 0. The number of hydrogen-bond donors (Lipinski definition) is 2. The number of carbonyl (C=O) groups excluding carboxylic acids is 1. The van der Waals surface area contributed by atoms with Crippen LogP contribution in [0, 0.1) is 17.3 Å². The quantitative estimate of drug-likeness (QED) is 0.801. The number of carbonyl (C=O) groups is 1. The predicted molar refractivity (Wildman–Crippen MR) is 75.6 cm³/mol. The molecule has 0 radical (unpaired) electrons. The van der Waals surface area contributed by atoms with Crippen molar-refractivity contribution in [2.45, 2.75) is 58.5 Å². The Hall–Kier alpha value is -0.610. The molecule has 2 fully saturated rings. The molecule has 1 amide bonds. The van der Waals surface area contributed by atoms with Crippen molar-refractivity contribution in [2.75, 3.05) is 13.2 Å². The molecule has 0 aromatic rings. The molecule has 1 aliphatic heterocycles. The van der Waals surface area contributed by atoms with E-state index in [-0.39, 0.29) is 23.3 Å². The molecule has 4 heteroatoms. The minimum absolute atomic E-state index is 0.0209. The molecule has 0 bridgehead atoms. The van der Waals surface area contributed by atoms with Crippen LogP contribution >= 0.6 is 0 Å². The molecule has 4 nitrogen and oxygen atoms in total. The summed E-state index contributed by atoms with van der Waals surface area (Å²) in [6, 6.07) is 0.519. The average Bonchev–Trinajstić information content (AvgIpc) is 2.37. The summed E-state index contributed by atoms with van der Waals surface area (Å²) in [7, 11) is 0.